The lowest BCUT2D eigenvalue weighted by molar-refractivity contribution is -0.0819. The van der Waals surface area contributed by atoms with E-state index in [1.54, 1.807) is 13.8 Å². The fourth-order valence-corrected chi connectivity index (χ4v) is 1.39. The highest BCUT2D eigenvalue weighted by Gasteiger charge is 2.33. The molecule has 0 spiro atoms. The summed E-state index contributed by atoms with van der Waals surface area (Å²) in [6.07, 6.45) is -1.35. The maximum absolute atomic E-state index is 13.7. The van der Waals surface area contributed by atoms with Crippen LogP contribution in [-0.4, -0.2) is 17.8 Å². The molecule has 1 N–H and O–H groups in total. The number of methoxy groups -OCH3 is 1. The van der Waals surface area contributed by atoms with Gasteiger partial charge < -0.3 is 9.84 Å². The highest BCUT2D eigenvalue weighted by atomic mass is 19.1. The summed E-state index contributed by atoms with van der Waals surface area (Å²) in [4.78, 5) is 0. The number of hydrogen-bond donors (Lipinski definition) is 1. The number of ether oxygens (including phenoxy) is 1. The highest BCUT2D eigenvalue weighted by Crippen LogP contribution is 2.32. The van der Waals surface area contributed by atoms with Crippen LogP contribution in [0.2, 0.25) is 0 Å². The zero-order valence-corrected chi connectivity index (χ0v) is 9.84. The Balaban J connectivity index is 3.28. The molecule has 0 fully saturated rings. The van der Waals surface area contributed by atoms with E-state index >= 15 is 0 Å². The summed E-state index contributed by atoms with van der Waals surface area (Å²) in [7, 11) is 1.38. The fourth-order valence-electron chi connectivity index (χ4n) is 1.39. The summed E-state index contributed by atoms with van der Waals surface area (Å²) >= 11 is 0. The molecule has 0 aliphatic heterocycles. The van der Waals surface area contributed by atoms with Gasteiger partial charge >= 0.3 is 0 Å². The zero-order valence-electron chi connectivity index (χ0n) is 9.84. The number of aliphatic hydroxyl groups excluding tert-OH is 1. The van der Waals surface area contributed by atoms with E-state index in [4.69, 9.17) is 4.74 Å². The van der Waals surface area contributed by atoms with E-state index < -0.39 is 23.3 Å². The van der Waals surface area contributed by atoms with Gasteiger partial charge in [0.25, 0.3) is 0 Å². The lowest BCUT2D eigenvalue weighted by Crippen LogP contribution is -2.32. The molecule has 0 aliphatic rings. The van der Waals surface area contributed by atoms with E-state index in [-0.39, 0.29) is 5.56 Å². The van der Waals surface area contributed by atoms with Gasteiger partial charge in [0.15, 0.2) is 0 Å². The number of aryl methyl sites for hydroxylation is 1. The summed E-state index contributed by atoms with van der Waals surface area (Å²) in [5, 5.41) is 9.93. The van der Waals surface area contributed by atoms with Crippen molar-refractivity contribution in [2.45, 2.75) is 32.5 Å². The first-order chi connectivity index (χ1) is 7.31. The second-order valence-electron chi connectivity index (χ2n) is 4.30. The number of rotatable bonds is 3. The predicted octanol–water partition coefficient (Wildman–Crippen LogP) is 2.73. The molecule has 0 saturated carbocycles. The van der Waals surface area contributed by atoms with Gasteiger partial charge in [-0.2, -0.15) is 0 Å². The standard InChI is InChI=1S/C12H16F2O2/c1-7-5-6-8(13)9(10(7)14)11(15)12(2,3)16-4/h5-6,11,15H,1-4H3. The van der Waals surface area contributed by atoms with Crippen LogP contribution in [0.4, 0.5) is 8.78 Å². The Kier molecular flexibility index (Phi) is 3.65. The maximum atomic E-state index is 13.7. The Morgan fingerprint density at radius 2 is 1.88 bits per heavy atom. The van der Waals surface area contributed by atoms with Crippen LogP contribution in [-0.2, 0) is 4.74 Å². The van der Waals surface area contributed by atoms with E-state index in [0.29, 0.717) is 5.56 Å². The van der Waals surface area contributed by atoms with Crippen molar-refractivity contribution in [1.29, 1.82) is 0 Å². The summed E-state index contributed by atoms with van der Waals surface area (Å²) < 4.78 is 32.2. The van der Waals surface area contributed by atoms with Crippen LogP contribution in [0.3, 0.4) is 0 Å². The van der Waals surface area contributed by atoms with Gasteiger partial charge in [0.05, 0.1) is 11.2 Å². The van der Waals surface area contributed by atoms with Gasteiger partial charge in [0.2, 0.25) is 0 Å². The Morgan fingerprint density at radius 3 is 2.38 bits per heavy atom. The summed E-state index contributed by atoms with van der Waals surface area (Å²) in [6, 6.07) is 2.48. The van der Waals surface area contributed by atoms with E-state index in [1.165, 1.54) is 20.1 Å². The molecule has 0 amide bonds. The average Bonchev–Trinajstić information content (AvgIpc) is 2.24. The maximum Gasteiger partial charge on any atom is 0.134 e. The molecule has 0 heterocycles. The van der Waals surface area contributed by atoms with Gasteiger partial charge in [-0.1, -0.05) is 6.07 Å². The van der Waals surface area contributed by atoms with Crippen molar-refractivity contribution in [3.8, 4) is 0 Å². The Labute approximate surface area is 93.9 Å². The largest absolute Gasteiger partial charge is 0.385 e. The quantitative estimate of drug-likeness (QED) is 0.865. The highest BCUT2D eigenvalue weighted by molar-refractivity contribution is 5.29. The van der Waals surface area contributed by atoms with Crippen molar-refractivity contribution >= 4 is 0 Å². The molecular weight excluding hydrogens is 214 g/mol. The van der Waals surface area contributed by atoms with E-state index in [0.717, 1.165) is 6.07 Å². The van der Waals surface area contributed by atoms with Gasteiger partial charge in [-0.05, 0) is 32.4 Å². The molecule has 1 aromatic carbocycles. The summed E-state index contributed by atoms with van der Waals surface area (Å²) in [6.45, 7) is 4.66. The smallest absolute Gasteiger partial charge is 0.134 e. The molecule has 90 valence electrons. The zero-order chi connectivity index (χ0) is 12.5. The van der Waals surface area contributed by atoms with Crippen molar-refractivity contribution in [2.75, 3.05) is 7.11 Å². The molecule has 0 aliphatic carbocycles. The van der Waals surface area contributed by atoms with Gasteiger partial charge in [0, 0.05) is 7.11 Å². The average molecular weight is 230 g/mol. The third kappa shape index (κ3) is 2.23. The molecule has 0 aromatic heterocycles. The van der Waals surface area contributed by atoms with Crippen LogP contribution in [0, 0.1) is 18.6 Å². The second-order valence-corrected chi connectivity index (χ2v) is 4.30. The van der Waals surface area contributed by atoms with Crippen LogP contribution >= 0.6 is 0 Å². The second kappa shape index (κ2) is 4.47. The SMILES string of the molecule is COC(C)(C)C(O)c1c(F)ccc(C)c1F. The molecule has 1 rings (SSSR count). The molecule has 0 radical (unpaired) electrons. The van der Waals surface area contributed by atoms with E-state index in [9.17, 15) is 13.9 Å². The normalized spacial score (nSPS) is 13.9. The van der Waals surface area contributed by atoms with Crippen molar-refractivity contribution < 1.29 is 18.6 Å². The molecule has 1 unspecified atom stereocenters. The van der Waals surface area contributed by atoms with Crippen molar-refractivity contribution in [1.82, 2.24) is 0 Å². The van der Waals surface area contributed by atoms with Crippen LogP contribution in [0.5, 0.6) is 0 Å². The minimum atomic E-state index is -1.35. The first-order valence-corrected chi connectivity index (χ1v) is 4.99. The van der Waals surface area contributed by atoms with Gasteiger partial charge in [-0.15, -0.1) is 0 Å². The molecule has 0 bridgehead atoms. The lowest BCUT2D eigenvalue weighted by Gasteiger charge is -2.29. The number of halogens is 2. The molecule has 16 heavy (non-hydrogen) atoms. The minimum Gasteiger partial charge on any atom is -0.385 e. The first kappa shape index (κ1) is 13.1. The lowest BCUT2D eigenvalue weighted by atomic mass is 9.92. The molecule has 0 saturated heterocycles. The summed E-state index contributed by atoms with van der Waals surface area (Å²) in [5.41, 5.74) is -1.09. The fraction of sp³-hybridized carbons (Fsp3) is 0.500. The monoisotopic (exact) mass is 230 g/mol. The van der Waals surface area contributed by atoms with Gasteiger partial charge in [-0.3, -0.25) is 0 Å². The number of aliphatic hydroxyl groups is 1. The Hall–Kier alpha value is -1.00. The van der Waals surface area contributed by atoms with Crippen LogP contribution in [0.15, 0.2) is 12.1 Å². The van der Waals surface area contributed by atoms with Crippen LogP contribution in [0.1, 0.15) is 31.1 Å². The Bertz CT molecular complexity index is 389. The van der Waals surface area contributed by atoms with E-state index in [2.05, 4.69) is 0 Å². The topological polar surface area (TPSA) is 29.5 Å². The van der Waals surface area contributed by atoms with Crippen LogP contribution in [0.25, 0.3) is 0 Å². The minimum absolute atomic E-state index is 0.294. The third-order valence-corrected chi connectivity index (χ3v) is 2.78. The first-order valence-electron chi connectivity index (χ1n) is 4.99. The predicted molar refractivity (Wildman–Crippen MR) is 57.1 cm³/mol. The molecule has 1 aromatic rings. The Morgan fingerprint density at radius 1 is 1.31 bits per heavy atom. The molecule has 4 heteroatoms. The van der Waals surface area contributed by atoms with Crippen LogP contribution < -0.4 is 0 Å². The van der Waals surface area contributed by atoms with Gasteiger partial charge in [-0.25, -0.2) is 8.78 Å². The van der Waals surface area contributed by atoms with E-state index in [1.807, 2.05) is 0 Å². The summed E-state index contributed by atoms with van der Waals surface area (Å²) in [5.74, 6) is -1.49. The third-order valence-electron chi connectivity index (χ3n) is 2.78. The molecule has 2 nitrogen and oxygen atoms in total. The molecule has 1 atom stereocenters. The number of hydrogen-bond acceptors (Lipinski definition) is 2. The molecular formula is C12H16F2O2. The van der Waals surface area contributed by atoms with Crippen molar-refractivity contribution in [2.24, 2.45) is 0 Å². The van der Waals surface area contributed by atoms with Crippen molar-refractivity contribution in [3.05, 3.63) is 34.9 Å². The van der Waals surface area contributed by atoms with Crippen molar-refractivity contribution in [3.63, 3.8) is 0 Å². The number of benzene rings is 1. The van der Waals surface area contributed by atoms with Gasteiger partial charge in [0.1, 0.15) is 17.7 Å².